The van der Waals surface area contributed by atoms with Gasteiger partial charge in [0.1, 0.15) is 11.8 Å². The highest BCUT2D eigenvalue weighted by atomic mass is 16.2. The molecule has 5 rings (SSSR count). The molecule has 0 aliphatic carbocycles. The van der Waals surface area contributed by atoms with Gasteiger partial charge in [-0.15, -0.1) is 0 Å². The minimum atomic E-state index is -0.587. The van der Waals surface area contributed by atoms with Gasteiger partial charge in [0, 0.05) is 28.9 Å². The number of nitrogens with two attached hydrogens (primary N) is 1. The zero-order valence-corrected chi connectivity index (χ0v) is 19.3. The van der Waals surface area contributed by atoms with Crippen molar-refractivity contribution in [1.29, 1.82) is 5.26 Å². The highest BCUT2D eigenvalue weighted by molar-refractivity contribution is 5.98. The van der Waals surface area contributed by atoms with E-state index in [1.807, 2.05) is 66.7 Å². The van der Waals surface area contributed by atoms with E-state index in [-0.39, 0.29) is 17.2 Å². The zero-order chi connectivity index (χ0) is 25.1. The summed E-state index contributed by atoms with van der Waals surface area (Å²) in [5.74, 6) is -0.227. The molecular formula is C27H20N8O. The molecule has 0 saturated heterocycles. The largest absolute Gasteiger partial charge is 0.382 e. The first-order valence-electron chi connectivity index (χ1n) is 11.2. The predicted molar refractivity (Wildman–Crippen MR) is 135 cm³/mol. The van der Waals surface area contributed by atoms with Gasteiger partial charge in [0.15, 0.2) is 17.3 Å². The number of carbonyl (C=O) groups is 1. The number of benzene rings is 2. The molecule has 0 saturated carbocycles. The van der Waals surface area contributed by atoms with Crippen molar-refractivity contribution < 1.29 is 4.79 Å². The Balaban J connectivity index is 1.58. The Hall–Kier alpha value is -5.23. The van der Waals surface area contributed by atoms with Gasteiger partial charge in [-0.3, -0.25) is 9.78 Å². The third-order valence-electron chi connectivity index (χ3n) is 5.59. The van der Waals surface area contributed by atoms with E-state index in [0.29, 0.717) is 17.2 Å². The molecule has 174 valence electrons. The lowest BCUT2D eigenvalue weighted by Gasteiger charge is -2.16. The van der Waals surface area contributed by atoms with Gasteiger partial charge in [-0.25, -0.2) is 19.9 Å². The molecule has 0 aliphatic heterocycles. The second-order valence-corrected chi connectivity index (χ2v) is 8.04. The van der Waals surface area contributed by atoms with Crippen LogP contribution >= 0.6 is 0 Å². The maximum atomic E-state index is 13.2. The Bertz CT molecular complexity index is 1630. The van der Waals surface area contributed by atoms with Crippen LogP contribution in [0.15, 0.2) is 79.1 Å². The number of hydrogen-bond acceptors (Lipinski definition) is 8. The molecule has 0 spiro atoms. The summed E-state index contributed by atoms with van der Waals surface area (Å²) < 4.78 is 0. The van der Waals surface area contributed by atoms with Crippen molar-refractivity contribution in [3.63, 3.8) is 0 Å². The predicted octanol–water partition coefficient (Wildman–Crippen LogP) is 4.09. The molecular weight excluding hydrogens is 452 g/mol. The van der Waals surface area contributed by atoms with Crippen molar-refractivity contribution in [2.75, 3.05) is 5.73 Å². The number of nitrogens with zero attached hydrogens (tertiary/aromatic N) is 6. The fourth-order valence-corrected chi connectivity index (χ4v) is 3.81. The van der Waals surface area contributed by atoms with Crippen LogP contribution in [0.1, 0.15) is 35.0 Å². The monoisotopic (exact) mass is 472 g/mol. The van der Waals surface area contributed by atoms with E-state index in [9.17, 15) is 4.79 Å². The number of carbonyl (C=O) groups excluding carboxylic acids is 1. The quantitative estimate of drug-likeness (QED) is 0.389. The van der Waals surface area contributed by atoms with Crippen molar-refractivity contribution in [1.82, 2.24) is 30.2 Å². The molecule has 1 atom stereocenters. The fourth-order valence-electron chi connectivity index (χ4n) is 3.81. The molecule has 3 heterocycles. The molecule has 9 nitrogen and oxygen atoms in total. The summed E-state index contributed by atoms with van der Waals surface area (Å²) in [7, 11) is 0. The number of fused-ring (bicyclic) bond motifs is 1. The van der Waals surface area contributed by atoms with Gasteiger partial charge < -0.3 is 11.1 Å². The molecule has 3 aromatic heterocycles. The first kappa shape index (κ1) is 22.6. The molecule has 0 aliphatic rings. The number of amides is 1. The SMILES string of the molecule is CC(NC(=O)c1nc(-c2ccc3ncccc3c2)c(-c2ccccc2)nc1N)c1nccc(C#N)n1. The van der Waals surface area contributed by atoms with Crippen LogP contribution < -0.4 is 11.1 Å². The molecule has 9 heteroatoms. The van der Waals surface area contributed by atoms with Crippen molar-refractivity contribution in [2.45, 2.75) is 13.0 Å². The van der Waals surface area contributed by atoms with Crippen LogP contribution in [0.4, 0.5) is 5.82 Å². The summed E-state index contributed by atoms with van der Waals surface area (Å²) >= 11 is 0. The van der Waals surface area contributed by atoms with Crippen LogP contribution in [-0.4, -0.2) is 30.8 Å². The van der Waals surface area contributed by atoms with E-state index >= 15 is 0 Å². The van der Waals surface area contributed by atoms with E-state index in [2.05, 4.69) is 25.3 Å². The summed E-state index contributed by atoms with van der Waals surface area (Å²) in [6.45, 7) is 1.72. The Morgan fingerprint density at radius 2 is 1.72 bits per heavy atom. The molecule has 0 bridgehead atoms. The standard InChI is InChI=1S/C27H20N8O/c1-16(26-31-13-11-20(15-28)33-26)32-27(36)24-25(29)35-22(17-6-3-2-4-7-17)23(34-24)19-9-10-21-18(14-19)8-5-12-30-21/h2-14,16H,1H3,(H2,29,35)(H,32,36). The molecule has 0 fully saturated rings. The average molecular weight is 473 g/mol. The highest BCUT2D eigenvalue weighted by Crippen LogP contribution is 2.32. The number of aromatic nitrogens is 5. The van der Waals surface area contributed by atoms with Gasteiger partial charge in [-0.05, 0) is 31.2 Å². The van der Waals surface area contributed by atoms with Crippen LogP contribution in [0.2, 0.25) is 0 Å². The maximum absolute atomic E-state index is 13.2. The zero-order valence-electron chi connectivity index (χ0n) is 19.3. The molecule has 2 aromatic carbocycles. The number of nitrogens with one attached hydrogen (secondary N) is 1. The van der Waals surface area contributed by atoms with Gasteiger partial charge in [0.05, 0.1) is 22.9 Å². The minimum absolute atomic E-state index is 0.00328. The number of nitrogen functional groups attached to an aromatic ring is 1. The van der Waals surface area contributed by atoms with E-state index in [1.54, 1.807) is 13.1 Å². The molecule has 0 radical (unpaired) electrons. The Labute approximate surface area is 206 Å². The van der Waals surface area contributed by atoms with E-state index in [1.165, 1.54) is 12.3 Å². The highest BCUT2D eigenvalue weighted by Gasteiger charge is 2.22. The summed E-state index contributed by atoms with van der Waals surface area (Å²) in [5, 5.41) is 12.8. The van der Waals surface area contributed by atoms with Gasteiger partial charge in [0.25, 0.3) is 5.91 Å². The lowest BCUT2D eigenvalue weighted by Crippen LogP contribution is -2.30. The topological polar surface area (TPSA) is 143 Å². The maximum Gasteiger partial charge on any atom is 0.274 e. The third kappa shape index (κ3) is 4.43. The molecule has 1 amide bonds. The number of rotatable bonds is 5. The van der Waals surface area contributed by atoms with Crippen LogP contribution in [0.3, 0.4) is 0 Å². The Kier molecular flexibility index (Phi) is 5.99. The van der Waals surface area contributed by atoms with Gasteiger partial charge in [-0.1, -0.05) is 42.5 Å². The summed E-state index contributed by atoms with van der Waals surface area (Å²) in [6.07, 6.45) is 3.21. The molecule has 1 unspecified atom stereocenters. The van der Waals surface area contributed by atoms with E-state index < -0.39 is 11.9 Å². The molecule has 3 N–H and O–H groups in total. The van der Waals surface area contributed by atoms with Crippen molar-refractivity contribution in [3.05, 3.63) is 96.3 Å². The number of pyridine rings is 1. The lowest BCUT2D eigenvalue weighted by molar-refractivity contribution is 0.0934. The van der Waals surface area contributed by atoms with E-state index in [4.69, 9.17) is 16.0 Å². The van der Waals surface area contributed by atoms with Crippen LogP contribution in [0.5, 0.6) is 0 Å². The molecule has 5 aromatic rings. The second kappa shape index (κ2) is 9.56. The van der Waals surface area contributed by atoms with Crippen molar-refractivity contribution in [3.8, 4) is 28.6 Å². The van der Waals surface area contributed by atoms with Gasteiger partial charge >= 0.3 is 0 Å². The first-order chi connectivity index (χ1) is 17.5. The molecule has 36 heavy (non-hydrogen) atoms. The van der Waals surface area contributed by atoms with E-state index in [0.717, 1.165) is 22.0 Å². The lowest BCUT2D eigenvalue weighted by atomic mass is 10.0. The smallest absolute Gasteiger partial charge is 0.274 e. The number of anilines is 1. The summed E-state index contributed by atoms with van der Waals surface area (Å²) in [5.41, 5.74) is 9.95. The summed E-state index contributed by atoms with van der Waals surface area (Å²) in [4.78, 5) is 35.2. The van der Waals surface area contributed by atoms with Crippen molar-refractivity contribution >= 4 is 22.6 Å². The first-order valence-corrected chi connectivity index (χ1v) is 11.2. The third-order valence-corrected chi connectivity index (χ3v) is 5.59. The number of nitriles is 1. The Morgan fingerprint density at radius 3 is 2.53 bits per heavy atom. The van der Waals surface area contributed by atoms with Gasteiger partial charge in [0.2, 0.25) is 0 Å². The van der Waals surface area contributed by atoms with Crippen LogP contribution in [0.25, 0.3) is 33.4 Å². The summed E-state index contributed by atoms with van der Waals surface area (Å²) in [6, 6.07) is 22.0. The Morgan fingerprint density at radius 1 is 0.917 bits per heavy atom. The average Bonchev–Trinajstić information content (AvgIpc) is 2.93. The second-order valence-electron chi connectivity index (χ2n) is 8.04. The van der Waals surface area contributed by atoms with Crippen LogP contribution in [-0.2, 0) is 0 Å². The van der Waals surface area contributed by atoms with Crippen molar-refractivity contribution in [2.24, 2.45) is 0 Å². The van der Waals surface area contributed by atoms with Crippen LogP contribution in [0, 0.1) is 11.3 Å². The van der Waals surface area contributed by atoms with Gasteiger partial charge in [-0.2, -0.15) is 5.26 Å². The fraction of sp³-hybridized carbons (Fsp3) is 0.0741. The normalized spacial score (nSPS) is 11.6. The number of hydrogen-bond donors (Lipinski definition) is 2. The minimum Gasteiger partial charge on any atom is -0.382 e.